The Bertz CT molecular complexity index is 866. The molecule has 0 fully saturated rings. The van der Waals surface area contributed by atoms with E-state index >= 15 is 0 Å². The smallest absolute Gasteiger partial charge is 0.214 e. The standard InChI is InChI=1S/C19H18N2O3/c1-24-16-10-7-14(8-11-16)6-9-15(13-21(22)23)18-12-20-19-5-3-2-4-17(18)19/h2-12,15,20H,13H2,1H3/b9-6+. The lowest BCUT2D eigenvalue weighted by atomic mass is 9.97. The molecule has 0 bridgehead atoms. The van der Waals surface area contributed by atoms with E-state index in [0.29, 0.717) is 0 Å². The first-order chi connectivity index (χ1) is 11.7. The fourth-order valence-corrected chi connectivity index (χ4v) is 2.77. The van der Waals surface area contributed by atoms with E-state index in [2.05, 4.69) is 4.98 Å². The maximum atomic E-state index is 11.1. The van der Waals surface area contributed by atoms with Crippen molar-refractivity contribution in [1.29, 1.82) is 0 Å². The third-order valence-electron chi connectivity index (χ3n) is 4.00. The predicted octanol–water partition coefficient (Wildman–Crippen LogP) is 4.25. The first-order valence-electron chi connectivity index (χ1n) is 7.67. The van der Waals surface area contributed by atoms with Gasteiger partial charge in [0.15, 0.2) is 0 Å². The van der Waals surface area contributed by atoms with Crippen molar-refractivity contribution < 1.29 is 9.66 Å². The minimum atomic E-state index is -0.293. The molecule has 0 aliphatic heterocycles. The fraction of sp³-hybridized carbons (Fsp3) is 0.158. The van der Waals surface area contributed by atoms with Gasteiger partial charge in [0.2, 0.25) is 6.54 Å². The Morgan fingerprint density at radius 3 is 2.67 bits per heavy atom. The number of fused-ring (bicyclic) bond motifs is 1. The Kier molecular flexibility index (Phi) is 4.61. The summed E-state index contributed by atoms with van der Waals surface area (Å²) in [7, 11) is 1.62. The van der Waals surface area contributed by atoms with Crippen molar-refractivity contribution in [2.45, 2.75) is 5.92 Å². The number of para-hydroxylation sites is 1. The first-order valence-corrected chi connectivity index (χ1v) is 7.67. The first kappa shape index (κ1) is 15.8. The van der Waals surface area contributed by atoms with E-state index in [1.54, 1.807) is 7.11 Å². The van der Waals surface area contributed by atoms with Crippen LogP contribution in [0.15, 0.2) is 60.8 Å². The number of aromatic amines is 1. The van der Waals surface area contributed by atoms with E-state index in [4.69, 9.17) is 4.74 Å². The van der Waals surface area contributed by atoms with Crippen LogP contribution < -0.4 is 4.74 Å². The summed E-state index contributed by atoms with van der Waals surface area (Å²) in [5.41, 5.74) is 2.90. The zero-order valence-corrected chi connectivity index (χ0v) is 13.3. The second kappa shape index (κ2) is 7.00. The molecule has 122 valence electrons. The van der Waals surface area contributed by atoms with Gasteiger partial charge in [0.1, 0.15) is 5.75 Å². The SMILES string of the molecule is COc1ccc(/C=C/C(C[N+](=O)[O-])c2c[nH]c3ccccc23)cc1. The minimum Gasteiger partial charge on any atom is -0.497 e. The monoisotopic (exact) mass is 322 g/mol. The fourth-order valence-electron chi connectivity index (χ4n) is 2.77. The van der Waals surface area contributed by atoms with Crippen molar-refractivity contribution in [3.63, 3.8) is 0 Å². The molecule has 5 nitrogen and oxygen atoms in total. The molecule has 1 aromatic heterocycles. The highest BCUT2D eigenvalue weighted by molar-refractivity contribution is 5.84. The van der Waals surface area contributed by atoms with Crippen LogP contribution in [0.25, 0.3) is 17.0 Å². The number of methoxy groups -OCH3 is 1. The maximum absolute atomic E-state index is 11.1. The van der Waals surface area contributed by atoms with Crippen molar-refractivity contribution in [2.24, 2.45) is 0 Å². The number of hydrogen-bond acceptors (Lipinski definition) is 3. The molecule has 3 aromatic rings. The van der Waals surface area contributed by atoms with Gasteiger partial charge < -0.3 is 9.72 Å². The topological polar surface area (TPSA) is 68.2 Å². The van der Waals surface area contributed by atoms with E-state index in [0.717, 1.165) is 27.8 Å². The second-order valence-corrected chi connectivity index (χ2v) is 5.54. The third kappa shape index (κ3) is 3.46. The molecule has 0 aliphatic carbocycles. The molecule has 3 rings (SSSR count). The molecule has 0 radical (unpaired) electrons. The Balaban J connectivity index is 1.91. The molecule has 0 spiro atoms. The van der Waals surface area contributed by atoms with Crippen molar-refractivity contribution >= 4 is 17.0 Å². The second-order valence-electron chi connectivity index (χ2n) is 5.54. The Morgan fingerprint density at radius 2 is 1.96 bits per heavy atom. The van der Waals surface area contributed by atoms with E-state index < -0.39 is 0 Å². The number of nitrogens with zero attached hydrogens (tertiary/aromatic N) is 1. The van der Waals surface area contributed by atoms with Gasteiger partial charge in [-0.15, -0.1) is 0 Å². The van der Waals surface area contributed by atoms with E-state index in [1.807, 2.05) is 66.9 Å². The summed E-state index contributed by atoms with van der Waals surface area (Å²) in [4.78, 5) is 14.0. The van der Waals surface area contributed by atoms with Gasteiger partial charge in [-0.05, 0) is 29.3 Å². The number of nitro groups is 1. The number of H-pyrrole nitrogens is 1. The molecule has 1 N–H and O–H groups in total. The highest BCUT2D eigenvalue weighted by atomic mass is 16.6. The van der Waals surface area contributed by atoms with Crippen molar-refractivity contribution in [3.05, 3.63) is 82.0 Å². The third-order valence-corrected chi connectivity index (χ3v) is 4.00. The molecular weight excluding hydrogens is 304 g/mol. The highest BCUT2D eigenvalue weighted by Gasteiger charge is 2.18. The van der Waals surface area contributed by atoms with Gasteiger partial charge >= 0.3 is 0 Å². The van der Waals surface area contributed by atoms with Crippen LogP contribution in [0.2, 0.25) is 0 Å². The number of hydrogen-bond donors (Lipinski definition) is 1. The molecule has 0 amide bonds. The van der Waals surface area contributed by atoms with Gasteiger partial charge in [0.05, 0.1) is 13.0 Å². The average molecular weight is 322 g/mol. The van der Waals surface area contributed by atoms with E-state index in [1.165, 1.54) is 0 Å². The molecular formula is C19H18N2O3. The Morgan fingerprint density at radius 1 is 1.21 bits per heavy atom. The Labute approximate surface area is 139 Å². The molecule has 0 aliphatic rings. The van der Waals surface area contributed by atoms with Crippen molar-refractivity contribution in [2.75, 3.05) is 13.7 Å². The maximum Gasteiger partial charge on any atom is 0.214 e. The van der Waals surface area contributed by atoms with Crippen LogP contribution in [0, 0.1) is 10.1 Å². The molecule has 1 heterocycles. The van der Waals surface area contributed by atoms with E-state index in [-0.39, 0.29) is 17.4 Å². The molecule has 1 unspecified atom stereocenters. The quantitative estimate of drug-likeness (QED) is 0.545. The van der Waals surface area contributed by atoms with Gasteiger partial charge in [-0.3, -0.25) is 10.1 Å². The Hall–Kier alpha value is -3.08. The summed E-state index contributed by atoms with van der Waals surface area (Å²) in [5, 5.41) is 12.1. The van der Waals surface area contributed by atoms with Crippen LogP contribution in [0.1, 0.15) is 17.0 Å². The van der Waals surface area contributed by atoms with Crippen LogP contribution in [-0.4, -0.2) is 23.6 Å². The van der Waals surface area contributed by atoms with Gasteiger partial charge in [0.25, 0.3) is 0 Å². The van der Waals surface area contributed by atoms with Gasteiger partial charge in [-0.25, -0.2) is 0 Å². The summed E-state index contributed by atoms with van der Waals surface area (Å²) in [6.07, 6.45) is 5.66. The largest absolute Gasteiger partial charge is 0.497 e. The molecule has 0 saturated carbocycles. The summed E-state index contributed by atoms with van der Waals surface area (Å²) in [5.74, 6) is 0.490. The van der Waals surface area contributed by atoms with Gasteiger partial charge in [-0.1, -0.05) is 42.5 Å². The normalized spacial score (nSPS) is 12.5. The number of aromatic nitrogens is 1. The lowest BCUT2D eigenvalue weighted by Gasteiger charge is -2.07. The van der Waals surface area contributed by atoms with E-state index in [9.17, 15) is 10.1 Å². The van der Waals surface area contributed by atoms with Crippen LogP contribution in [-0.2, 0) is 0 Å². The molecule has 1 atom stereocenters. The summed E-state index contributed by atoms with van der Waals surface area (Å²) >= 11 is 0. The number of benzene rings is 2. The van der Waals surface area contributed by atoms with Crippen LogP contribution >= 0.6 is 0 Å². The predicted molar refractivity (Wildman–Crippen MR) is 94.9 cm³/mol. The van der Waals surface area contributed by atoms with Crippen molar-refractivity contribution in [3.8, 4) is 5.75 Å². The molecule has 5 heteroatoms. The lowest BCUT2D eigenvalue weighted by Crippen LogP contribution is -2.10. The van der Waals surface area contributed by atoms with Crippen LogP contribution in [0.3, 0.4) is 0 Å². The van der Waals surface area contributed by atoms with Crippen LogP contribution in [0.4, 0.5) is 0 Å². The highest BCUT2D eigenvalue weighted by Crippen LogP contribution is 2.27. The lowest BCUT2D eigenvalue weighted by molar-refractivity contribution is -0.481. The number of ether oxygens (including phenoxy) is 1. The van der Waals surface area contributed by atoms with Crippen LogP contribution in [0.5, 0.6) is 5.75 Å². The zero-order chi connectivity index (χ0) is 16.9. The molecule has 0 saturated heterocycles. The van der Waals surface area contributed by atoms with Gasteiger partial charge in [-0.2, -0.15) is 0 Å². The molecule has 2 aromatic carbocycles. The summed E-state index contributed by atoms with van der Waals surface area (Å²) < 4.78 is 5.14. The summed E-state index contributed by atoms with van der Waals surface area (Å²) in [6.45, 7) is -0.144. The van der Waals surface area contributed by atoms with Gasteiger partial charge in [0, 0.05) is 22.0 Å². The minimum absolute atomic E-state index is 0.144. The molecule has 24 heavy (non-hydrogen) atoms. The van der Waals surface area contributed by atoms with Crippen molar-refractivity contribution in [1.82, 2.24) is 4.98 Å². The summed E-state index contributed by atoms with van der Waals surface area (Å²) in [6, 6.07) is 15.4. The number of nitrogens with one attached hydrogen (secondary N) is 1. The zero-order valence-electron chi connectivity index (χ0n) is 13.3. The average Bonchev–Trinajstić information content (AvgIpc) is 3.03. The number of rotatable bonds is 6.